The number of amides is 2. The number of H-pyrrole nitrogens is 1. The van der Waals surface area contributed by atoms with Gasteiger partial charge in [0, 0.05) is 11.9 Å². The number of cyclic esters (lactones) is 1. The highest BCUT2D eigenvalue weighted by Gasteiger charge is 2.38. The molecule has 0 radical (unpaired) electrons. The molecule has 0 spiro atoms. The quantitative estimate of drug-likeness (QED) is 0.448. The van der Waals surface area contributed by atoms with Crippen molar-refractivity contribution in [1.82, 2.24) is 10.3 Å². The largest absolute Gasteiger partial charge is 0.442 e. The number of benzene rings is 1. The molecule has 0 aliphatic carbocycles. The lowest BCUT2D eigenvalue weighted by Gasteiger charge is -2.19. The molecule has 2 aromatic heterocycles. The lowest BCUT2D eigenvalue weighted by atomic mass is 9.95. The molecule has 4 rings (SSSR count). The zero-order chi connectivity index (χ0) is 25.3. The fourth-order valence-corrected chi connectivity index (χ4v) is 4.62. The summed E-state index contributed by atoms with van der Waals surface area (Å²) in [6, 6.07) is 7.58. The van der Waals surface area contributed by atoms with Crippen molar-refractivity contribution in [3.63, 3.8) is 0 Å². The van der Waals surface area contributed by atoms with Crippen LogP contribution in [-0.4, -0.2) is 41.3 Å². The normalized spacial score (nSPS) is 15.9. The molecule has 0 unspecified atom stereocenters. The number of aliphatic hydroxyl groups excluding tert-OH is 1. The van der Waals surface area contributed by atoms with Gasteiger partial charge in [0.05, 0.1) is 40.0 Å². The number of pyridine rings is 1. The molecule has 1 fully saturated rings. The monoisotopic (exact) mass is 527 g/mol. The average molecular weight is 528 g/mol. The number of aromatic amines is 1. The molecule has 184 valence electrons. The summed E-state index contributed by atoms with van der Waals surface area (Å²) in [5.74, 6) is -0.419. The van der Waals surface area contributed by atoms with E-state index in [4.69, 9.17) is 16.3 Å². The maximum absolute atomic E-state index is 13.9. The fraction of sp³-hybridized carbons (Fsp3) is 0.227. The van der Waals surface area contributed by atoms with Gasteiger partial charge in [-0.1, -0.05) is 17.7 Å². The number of carbonyl (C=O) groups excluding carboxylic acids is 2. The van der Waals surface area contributed by atoms with Crippen LogP contribution in [0.3, 0.4) is 0 Å². The average Bonchev–Trinajstić information content (AvgIpc) is 3.41. The number of nitrogens with one attached hydrogen (secondary N) is 2. The number of ether oxygens (including phenoxy) is 1. The number of aliphatic hydroxyl groups is 1. The number of nitrogens with zero attached hydrogens (tertiary/aromatic N) is 1. The van der Waals surface area contributed by atoms with Gasteiger partial charge in [-0.15, -0.1) is 11.3 Å². The topological polar surface area (TPSA) is 112 Å². The summed E-state index contributed by atoms with van der Waals surface area (Å²) in [5.41, 5.74) is -2.47. The number of thiophene rings is 1. The van der Waals surface area contributed by atoms with Crippen molar-refractivity contribution in [2.24, 2.45) is 0 Å². The third-order valence-corrected chi connectivity index (χ3v) is 6.52. The van der Waals surface area contributed by atoms with Crippen molar-refractivity contribution in [3.8, 4) is 11.1 Å². The van der Waals surface area contributed by atoms with E-state index in [2.05, 4.69) is 10.3 Å². The molecule has 0 saturated carbocycles. The van der Waals surface area contributed by atoms with Crippen LogP contribution < -0.4 is 15.8 Å². The molecule has 1 saturated heterocycles. The molecule has 1 aliphatic heterocycles. The van der Waals surface area contributed by atoms with Gasteiger partial charge >= 0.3 is 12.3 Å². The SMILES string of the molecule is O=C(NC[C@H]1CN(c2ccc(-c3cc[nH]c(=O)c3CO)c(C(F)(F)F)c2)C(=O)O1)c1ccc(Cl)s1. The second-order valence-corrected chi connectivity index (χ2v) is 9.23. The Morgan fingerprint density at radius 1 is 1.23 bits per heavy atom. The van der Waals surface area contributed by atoms with Crippen LogP contribution in [0.15, 0.2) is 47.4 Å². The Bertz CT molecular complexity index is 1340. The Kier molecular flexibility index (Phi) is 6.88. The number of carbonyl (C=O) groups is 2. The van der Waals surface area contributed by atoms with Crippen LogP contribution in [0.5, 0.6) is 0 Å². The van der Waals surface area contributed by atoms with Crippen LogP contribution in [0, 0.1) is 0 Å². The first-order chi connectivity index (χ1) is 16.6. The fourth-order valence-electron chi connectivity index (χ4n) is 3.66. The molecular formula is C22H17ClF3N3O5S. The summed E-state index contributed by atoms with van der Waals surface area (Å²) < 4.78 is 47.5. The minimum atomic E-state index is -4.82. The molecule has 2 amide bonds. The van der Waals surface area contributed by atoms with Crippen LogP contribution in [0.2, 0.25) is 4.34 Å². The zero-order valence-electron chi connectivity index (χ0n) is 17.7. The lowest BCUT2D eigenvalue weighted by molar-refractivity contribution is -0.137. The second kappa shape index (κ2) is 9.72. The Morgan fingerprint density at radius 2 is 2.00 bits per heavy atom. The van der Waals surface area contributed by atoms with Crippen molar-refractivity contribution in [3.05, 3.63) is 73.3 Å². The predicted molar refractivity (Wildman–Crippen MR) is 123 cm³/mol. The third-order valence-electron chi connectivity index (χ3n) is 5.29. The first kappa shape index (κ1) is 24.8. The Balaban J connectivity index is 1.57. The lowest BCUT2D eigenvalue weighted by Crippen LogP contribution is -2.34. The maximum Gasteiger partial charge on any atom is 0.417 e. The van der Waals surface area contributed by atoms with Gasteiger partial charge in [0.1, 0.15) is 6.10 Å². The summed E-state index contributed by atoms with van der Waals surface area (Å²) >= 11 is 6.88. The van der Waals surface area contributed by atoms with Gasteiger partial charge in [-0.3, -0.25) is 14.5 Å². The first-order valence-electron chi connectivity index (χ1n) is 10.1. The Hall–Kier alpha value is -3.35. The minimum Gasteiger partial charge on any atom is -0.442 e. The summed E-state index contributed by atoms with van der Waals surface area (Å²) in [5, 5.41) is 12.1. The van der Waals surface area contributed by atoms with Gasteiger partial charge < -0.3 is 20.1 Å². The van der Waals surface area contributed by atoms with E-state index < -0.39 is 42.0 Å². The standard InChI is InChI=1S/C22H17ClF3N3O5S/c23-18-4-3-17(35-18)20(32)28-8-12-9-29(21(33)34-12)11-1-2-14(16(7-11)22(24,25)26)13-5-6-27-19(31)15(13)10-30/h1-7,12,30H,8-10H2,(H,27,31)(H,28,32)/t12-/m0/s1. The van der Waals surface area contributed by atoms with Crippen molar-refractivity contribution in [2.75, 3.05) is 18.0 Å². The zero-order valence-corrected chi connectivity index (χ0v) is 19.3. The minimum absolute atomic E-state index is 0.0482. The van der Waals surface area contributed by atoms with Crippen molar-refractivity contribution in [2.45, 2.75) is 18.9 Å². The van der Waals surface area contributed by atoms with E-state index >= 15 is 0 Å². The van der Waals surface area contributed by atoms with Crippen molar-refractivity contribution < 1.29 is 32.6 Å². The number of aromatic nitrogens is 1. The van der Waals surface area contributed by atoms with Gasteiger partial charge in [0.25, 0.3) is 11.5 Å². The van der Waals surface area contributed by atoms with Crippen molar-refractivity contribution in [1.29, 1.82) is 0 Å². The summed E-state index contributed by atoms with van der Waals surface area (Å²) in [4.78, 5) is 40.2. The second-order valence-electron chi connectivity index (χ2n) is 7.51. The smallest absolute Gasteiger partial charge is 0.417 e. The highest BCUT2D eigenvalue weighted by atomic mass is 35.5. The molecule has 35 heavy (non-hydrogen) atoms. The molecule has 3 N–H and O–H groups in total. The molecule has 0 bridgehead atoms. The van der Waals surface area contributed by atoms with Gasteiger partial charge in [-0.05, 0) is 41.5 Å². The van der Waals surface area contributed by atoms with Gasteiger partial charge in [0.2, 0.25) is 0 Å². The molecule has 13 heteroatoms. The molecule has 1 atom stereocenters. The van der Waals surface area contributed by atoms with Gasteiger partial charge in [-0.2, -0.15) is 13.2 Å². The van der Waals surface area contributed by atoms with Crippen LogP contribution in [0.25, 0.3) is 11.1 Å². The summed E-state index contributed by atoms with van der Waals surface area (Å²) in [7, 11) is 0. The Morgan fingerprint density at radius 3 is 2.66 bits per heavy atom. The number of rotatable bonds is 6. The van der Waals surface area contributed by atoms with E-state index in [-0.39, 0.29) is 35.5 Å². The van der Waals surface area contributed by atoms with E-state index in [0.29, 0.717) is 9.21 Å². The van der Waals surface area contributed by atoms with E-state index in [0.717, 1.165) is 28.4 Å². The number of alkyl halides is 3. The van der Waals surface area contributed by atoms with Crippen LogP contribution >= 0.6 is 22.9 Å². The van der Waals surface area contributed by atoms with E-state index in [1.54, 1.807) is 6.07 Å². The van der Waals surface area contributed by atoms with E-state index in [1.165, 1.54) is 24.4 Å². The third kappa shape index (κ3) is 5.19. The molecular weight excluding hydrogens is 511 g/mol. The highest BCUT2D eigenvalue weighted by molar-refractivity contribution is 7.18. The molecule has 1 aromatic carbocycles. The van der Waals surface area contributed by atoms with Crippen LogP contribution in [-0.2, 0) is 17.5 Å². The number of hydrogen-bond donors (Lipinski definition) is 3. The molecule has 8 nitrogen and oxygen atoms in total. The van der Waals surface area contributed by atoms with Gasteiger partial charge in [0.15, 0.2) is 0 Å². The van der Waals surface area contributed by atoms with E-state index in [9.17, 15) is 32.7 Å². The predicted octanol–water partition coefficient (Wildman–Crippen LogP) is 4.02. The van der Waals surface area contributed by atoms with Crippen LogP contribution in [0.1, 0.15) is 20.8 Å². The van der Waals surface area contributed by atoms with Crippen LogP contribution in [0.4, 0.5) is 23.7 Å². The molecule has 3 heterocycles. The number of hydrogen-bond acceptors (Lipinski definition) is 6. The van der Waals surface area contributed by atoms with E-state index in [1.807, 2.05) is 0 Å². The molecule has 3 aromatic rings. The summed E-state index contributed by atoms with van der Waals surface area (Å²) in [6.07, 6.45) is -5.29. The maximum atomic E-state index is 13.9. The summed E-state index contributed by atoms with van der Waals surface area (Å²) in [6.45, 7) is -0.893. The molecule has 1 aliphatic rings. The number of halogens is 4. The first-order valence-corrected chi connectivity index (χ1v) is 11.3. The Labute approximate surface area is 204 Å². The number of anilines is 1. The van der Waals surface area contributed by atoms with Gasteiger partial charge in [-0.25, -0.2) is 4.79 Å². The van der Waals surface area contributed by atoms with Crippen molar-refractivity contribution >= 4 is 40.6 Å². The highest BCUT2D eigenvalue weighted by Crippen LogP contribution is 2.40.